The molecule has 4 nitrogen and oxygen atoms in total. The van der Waals surface area contributed by atoms with E-state index in [1.54, 1.807) is 6.92 Å². The highest BCUT2D eigenvalue weighted by Crippen LogP contribution is 2.29. The van der Waals surface area contributed by atoms with Crippen molar-refractivity contribution >= 4 is 17.5 Å². The van der Waals surface area contributed by atoms with Crippen molar-refractivity contribution in [2.45, 2.75) is 40.0 Å². The first kappa shape index (κ1) is 16.7. The Hall–Kier alpha value is -1.62. The Morgan fingerprint density at radius 1 is 1.50 bits per heavy atom. The SMILES string of the molecule is Cc1nn(C)c(F)c1C(=O)NC1=C(CC(C)C)C=C(Cl)CC1. The molecule has 1 aliphatic rings. The van der Waals surface area contributed by atoms with E-state index in [4.69, 9.17) is 11.6 Å². The predicted octanol–water partition coefficient (Wildman–Crippen LogP) is 3.81. The largest absolute Gasteiger partial charge is 0.325 e. The number of carbonyl (C=O) groups is 1. The Bertz CT molecular complexity index is 659. The van der Waals surface area contributed by atoms with E-state index >= 15 is 0 Å². The van der Waals surface area contributed by atoms with E-state index in [1.165, 1.54) is 7.05 Å². The predicted molar refractivity (Wildman–Crippen MR) is 85.0 cm³/mol. The summed E-state index contributed by atoms with van der Waals surface area (Å²) in [6.45, 7) is 5.83. The third-order valence-corrected chi connectivity index (χ3v) is 3.90. The highest BCUT2D eigenvalue weighted by molar-refractivity contribution is 6.29. The van der Waals surface area contributed by atoms with Crippen LogP contribution in [0.15, 0.2) is 22.4 Å². The Morgan fingerprint density at radius 3 is 2.73 bits per heavy atom. The maximum atomic E-state index is 14.0. The van der Waals surface area contributed by atoms with Crippen LogP contribution in [0, 0.1) is 18.8 Å². The van der Waals surface area contributed by atoms with Crippen molar-refractivity contribution in [3.05, 3.63) is 39.6 Å². The minimum Gasteiger partial charge on any atom is -0.325 e. The zero-order chi connectivity index (χ0) is 16.4. The molecule has 6 heteroatoms. The van der Waals surface area contributed by atoms with E-state index in [-0.39, 0.29) is 5.56 Å². The lowest BCUT2D eigenvalue weighted by Crippen LogP contribution is -2.26. The number of hydrogen-bond acceptors (Lipinski definition) is 2. The van der Waals surface area contributed by atoms with Crippen LogP contribution < -0.4 is 5.32 Å². The van der Waals surface area contributed by atoms with Crippen LogP contribution in [0.5, 0.6) is 0 Å². The number of rotatable bonds is 4. The van der Waals surface area contributed by atoms with Crippen LogP contribution in [-0.4, -0.2) is 15.7 Å². The number of carbonyl (C=O) groups excluding carboxylic acids is 1. The summed E-state index contributed by atoms with van der Waals surface area (Å²) >= 11 is 6.11. The summed E-state index contributed by atoms with van der Waals surface area (Å²) in [4.78, 5) is 12.4. The summed E-state index contributed by atoms with van der Waals surface area (Å²) in [5, 5.41) is 7.58. The zero-order valence-electron chi connectivity index (χ0n) is 13.3. The Balaban J connectivity index is 2.28. The van der Waals surface area contributed by atoms with E-state index < -0.39 is 11.9 Å². The van der Waals surface area contributed by atoms with Gasteiger partial charge in [0.25, 0.3) is 5.91 Å². The highest BCUT2D eigenvalue weighted by Gasteiger charge is 2.23. The van der Waals surface area contributed by atoms with Gasteiger partial charge in [-0.2, -0.15) is 9.49 Å². The van der Waals surface area contributed by atoms with E-state index in [0.717, 1.165) is 27.4 Å². The van der Waals surface area contributed by atoms with Crippen LogP contribution >= 0.6 is 11.6 Å². The first-order valence-electron chi connectivity index (χ1n) is 7.38. The summed E-state index contributed by atoms with van der Waals surface area (Å²) in [6.07, 6.45) is 4.07. The van der Waals surface area contributed by atoms with Crippen LogP contribution in [0.3, 0.4) is 0 Å². The zero-order valence-corrected chi connectivity index (χ0v) is 14.1. The molecule has 2 rings (SSSR count). The lowest BCUT2D eigenvalue weighted by molar-refractivity contribution is 0.0958. The van der Waals surface area contributed by atoms with Crippen LogP contribution in [-0.2, 0) is 7.05 Å². The number of halogens is 2. The Labute approximate surface area is 135 Å². The number of nitrogens with zero attached hydrogens (tertiary/aromatic N) is 2. The molecule has 0 saturated carbocycles. The maximum absolute atomic E-state index is 14.0. The second-order valence-corrected chi connectivity index (χ2v) is 6.51. The molecule has 1 N–H and O–H groups in total. The summed E-state index contributed by atoms with van der Waals surface area (Å²) in [6, 6.07) is 0. The van der Waals surface area contributed by atoms with E-state index in [2.05, 4.69) is 24.3 Å². The molecule has 0 bridgehead atoms. The topological polar surface area (TPSA) is 46.9 Å². The van der Waals surface area contributed by atoms with Crippen molar-refractivity contribution in [3.8, 4) is 0 Å². The quantitative estimate of drug-likeness (QED) is 0.915. The molecular formula is C16H21ClFN3O. The molecule has 0 aliphatic heterocycles. The molecule has 0 spiro atoms. The first-order chi connectivity index (χ1) is 10.3. The van der Waals surface area contributed by atoms with E-state index in [1.807, 2.05) is 6.08 Å². The molecule has 0 unspecified atom stereocenters. The fraction of sp³-hybridized carbons (Fsp3) is 0.500. The van der Waals surface area contributed by atoms with Gasteiger partial charge in [-0.05, 0) is 43.8 Å². The normalized spacial score (nSPS) is 15.3. The molecule has 1 aromatic rings. The van der Waals surface area contributed by atoms with Gasteiger partial charge in [0, 0.05) is 17.8 Å². The number of hydrogen-bond donors (Lipinski definition) is 1. The maximum Gasteiger partial charge on any atom is 0.261 e. The number of aryl methyl sites for hydroxylation is 2. The van der Waals surface area contributed by atoms with E-state index in [0.29, 0.717) is 24.5 Å². The van der Waals surface area contributed by atoms with Gasteiger partial charge in [0.2, 0.25) is 5.95 Å². The van der Waals surface area contributed by atoms with Crippen molar-refractivity contribution in [2.75, 3.05) is 0 Å². The van der Waals surface area contributed by atoms with Gasteiger partial charge in [-0.25, -0.2) is 4.68 Å². The van der Waals surface area contributed by atoms with Gasteiger partial charge in [0.05, 0.1) is 5.69 Å². The lowest BCUT2D eigenvalue weighted by atomic mass is 9.95. The summed E-state index contributed by atoms with van der Waals surface area (Å²) in [5.41, 5.74) is 2.22. The third kappa shape index (κ3) is 3.58. The average molecular weight is 326 g/mol. The van der Waals surface area contributed by atoms with E-state index in [9.17, 15) is 9.18 Å². The lowest BCUT2D eigenvalue weighted by Gasteiger charge is -2.20. The van der Waals surface area contributed by atoms with Crippen molar-refractivity contribution in [3.63, 3.8) is 0 Å². The summed E-state index contributed by atoms with van der Waals surface area (Å²) in [7, 11) is 1.48. The third-order valence-electron chi connectivity index (χ3n) is 3.60. The van der Waals surface area contributed by atoms with Crippen LogP contribution in [0.4, 0.5) is 4.39 Å². The summed E-state index contributed by atoms with van der Waals surface area (Å²) < 4.78 is 15.1. The molecular weight excluding hydrogens is 305 g/mol. The molecule has 0 saturated heterocycles. The molecule has 120 valence electrons. The molecule has 0 radical (unpaired) electrons. The summed E-state index contributed by atoms with van der Waals surface area (Å²) in [5.74, 6) is -0.631. The smallest absolute Gasteiger partial charge is 0.261 e. The molecule has 0 fully saturated rings. The van der Waals surface area contributed by atoms with Gasteiger partial charge in [-0.3, -0.25) is 4.79 Å². The number of nitrogens with one attached hydrogen (secondary N) is 1. The fourth-order valence-electron chi connectivity index (χ4n) is 2.61. The van der Waals surface area contributed by atoms with Crippen LogP contribution in [0.2, 0.25) is 0 Å². The number of allylic oxidation sites excluding steroid dienone is 4. The molecule has 1 amide bonds. The standard InChI is InChI=1S/C16H21ClFN3O/c1-9(2)7-11-8-12(17)5-6-13(11)19-16(22)14-10(3)20-21(4)15(14)18/h8-9H,5-7H2,1-4H3,(H,19,22). The minimum atomic E-state index is -0.620. The molecule has 1 aliphatic carbocycles. The molecule has 1 heterocycles. The fourth-order valence-corrected chi connectivity index (χ4v) is 2.83. The van der Waals surface area contributed by atoms with Gasteiger partial charge >= 0.3 is 0 Å². The first-order valence-corrected chi connectivity index (χ1v) is 7.76. The molecule has 0 aromatic carbocycles. The van der Waals surface area contributed by atoms with Gasteiger partial charge in [0.1, 0.15) is 5.56 Å². The number of aromatic nitrogens is 2. The van der Waals surface area contributed by atoms with Crippen molar-refractivity contribution in [1.29, 1.82) is 0 Å². The second kappa shape index (κ2) is 6.65. The monoisotopic (exact) mass is 325 g/mol. The Morgan fingerprint density at radius 2 is 2.18 bits per heavy atom. The molecule has 0 atom stereocenters. The van der Waals surface area contributed by atoms with Crippen molar-refractivity contribution in [2.24, 2.45) is 13.0 Å². The Kier molecular flexibility index (Phi) is 5.06. The van der Waals surface area contributed by atoms with Crippen molar-refractivity contribution in [1.82, 2.24) is 15.1 Å². The average Bonchev–Trinajstić information content (AvgIpc) is 2.66. The van der Waals surface area contributed by atoms with Gasteiger partial charge < -0.3 is 5.32 Å². The molecule has 22 heavy (non-hydrogen) atoms. The minimum absolute atomic E-state index is 0.000420. The van der Waals surface area contributed by atoms with Gasteiger partial charge in [0.15, 0.2) is 0 Å². The second-order valence-electron chi connectivity index (χ2n) is 6.02. The van der Waals surface area contributed by atoms with Crippen LogP contribution in [0.1, 0.15) is 49.2 Å². The molecule has 1 aromatic heterocycles. The van der Waals surface area contributed by atoms with Crippen LogP contribution in [0.25, 0.3) is 0 Å². The number of amides is 1. The highest BCUT2D eigenvalue weighted by atomic mass is 35.5. The van der Waals surface area contributed by atoms with Crippen molar-refractivity contribution < 1.29 is 9.18 Å². The van der Waals surface area contributed by atoms with Gasteiger partial charge in [-0.15, -0.1) is 0 Å². The van der Waals surface area contributed by atoms with Gasteiger partial charge in [-0.1, -0.05) is 25.4 Å².